The second-order valence-corrected chi connectivity index (χ2v) is 8.65. The highest BCUT2D eigenvalue weighted by atomic mass is 79.9. The molecule has 3 aromatic rings. The molecular weight excluding hydrogens is 476 g/mol. The molecule has 0 spiro atoms. The Bertz CT molecular complexity index is 1190. The van der Waals surface area contributed by atoms with Gasteiger partial charge in [-0.1, -0.05) is 0 Å². The third-order valence-corrected chi connectivity index (χ3v) is 6.79. The van der Waals surface area contributed by atoms with Crippen LogP contribution in [0.3, 0.4) is 0 Å². The lowest BCUT2D eigenvalue weighted by atomic mass is 9.92. The van der Waals surface area contributed by atoms with E-state index in [9.17, 15) is 9.90 Å². The number of aromatic amines is 1. The van der Waals surface area contributed by atoms with Gasteiger partial charge in [0, 0.05) is 42.1 Å². The zero-order valence-electron chi connectivity index (χ0n) is 18.6. The van der Waals surface area contributed by atoms with E-state index in [1.165, 1.54) is 6.92 Å². The van der Waals surface area contributed by atoms with Crippen LogP contribution >= 0.6 is 15.9 Å². The maximum Gasteiger partial charge on any atom is 0.217 e. The van der Waals surface area contributed by atoms with Crippen molar-refractivity contribution < 1.29 is 24.1 Å². The zero-order valence-corrected chi connectivity index (χ0v) is 20.2. The molecule has 0 saturated carbocycles. The Morgan fingerprint density at radius 2 is 1.88 bits per heavy atom. The summed E-state index contributed by atoms with van der Waals surface area (Å²) < 4.78 is 18.0. The summed E-state index contributed by atoms with van der Waals surface area (Å²) in [5, 5.41) is 13.5. The highest BCUT2D eigenvalue weighted by Gasteiger charge is 2.32. The summed E-state index contributed by atoms with van der Waals surface area (Å²) in [5.41, 5.74) is 5.85. The fourth-order valence-corrected chi connectivity index (χ4v) is 5.38. The van der Waals surface area contributed by atoms with Gasteiger partial charge in [0.15, 0.2) is 11.5 Å². The van der Waals surface area contributed by atoms with Gasteiger partial charge in [-0.25, -0.2) is 0 Å². The molecule has 3 N–H and O–H groups in total. The molecule has 170 valence electrons. The standard InChI is InChI=1S/C24H27BrN2O5/c1-12(29)26-18-6-5-15-20(22(30-2)24(32-4)23(31-3)21(15)25)17-10-13-9-14(7-8-28)27-19(13)11-16(17)18/h9-11,18,27-28H,5-8H2,1-4H3,(H,26,29)/t18-/m0/s1. The third-order valence-electron chi connectivity index (χ3n) is 5.95. The molecule has 0 saturated heterocycles. The number of benzene rings is 2. The summed E-state index contributed by atoms with van der Waals surface area (Å²) in [4.78, 5) is 15.4. The quantitative estimate of drug-likeness (QED) is 0.467. The summed E-state index contributed by atoms with van der Waals surface area (Å²) >= 11 is 3.73. The number of H-pyrrole nitrogens is 1. The molecule has 7 nitrogen and oxygen atoms in total. The van der Waals surface area contributed by atoms with E-state index < -0.39 is 0 Å². The normalized spacial score (nSPS) is 15.0. The average molecular weight is 503 g/mol. The Labute approximate surface area is 195 Å². The SMILES string of the molecule is COc1c(Br)c2c(c(OC)c1OC)-c1cc3cc(CCO)[nH]c3cc1[C@@H](NC(C)=O)CC2. The highest BCUT2D eigenvalue weighted by Crippen LogP contribution is 2.54. The van der Waals surface area contributed by atoms with Crippen LogP contribution < -0.4 is 19.5 Å². The van der Waals surface area contributed by atoms with Gasteiger partial charge in [-0.05, 0) is 63.7 Å². The molecule has 1 aromatic heterocycles. The van der Waals surface area contributed by atoms with Gasteiger partial charge in [0.1, 0.15) is 0 Å². The molecule has 32 heavy (non-hydrogen) atoms. The van der Waals surface area contributed by atoms with Crippen LogP contribution in [0.4, 0.5) is 0 Å². The summed E-state index contributed by atoms with van der Waals surface area (Å²) in [6.45, 7) is 1.61. The van der Waals surface area contributed by atoms with Crippen LogP contribution in [0.15, 0.2) is 22.7 Å². The predicted octanol–water partition coefficient (Wildman–Crippen LogP) is 4.28. The number of carbonyl (C=O) groups is 1. The van der Waals surface area contributed by atoms with Gasteiger partial charge < -0.3 is 29.6 Å². The van der Waals surface area contributed by atoms with E-state index >= 15 is 0 Å². The molecule has 1 aliphatic rings. The summed E-state index contributed by atoms with van der Waals surface area (Å²) in [6, 6.07) is 6.08. The maximum atomic E-state index is 12.0. The number of aliphatic hydroxyl groups excluding tert-OH is 1. The topological polar surface area (TPSA) is 92.8 Å². The molecule has 2 aromatic carbocycles. The van der Waals surface area contributed by atoms with Crippen LogP contribution in [-0.2, 0) is 17.6 Å². The smallest absolute Gasteiger partial charge is 0.217 e. The lowest BCUT2D eigenvalue weighted by molar-refractivity contribution is -0.119. The molecule has 1 aliphatic carbocycles. The van der Waals surface area contributed by atoms with E-state index in [2.05, 4.69) is 38.4 Å². The molecule has 0 bridgehead atoms. The number of hydrogen-bond donors (Lipinski definition) is 3. The van der Waals surface area contributed by atoms with Crippen molar-refractivity contribution in [1.82, 2.24) is 10.3 Å². The van der Waals surface area contributed by atoms with Crippen LogP contribution in [0.5, 0.6) is 17.2 Å². The molecule has 1 atom stereocenters. The predicted molar refractivity (Wildman–Crippen MR) is 127 cm³/mol. The number of nitrogens with one attached hydrogen (secondary N) is 2. The number of aromatic nitrogens is 1. The van der Waals surface area contributed by atoms with Crippen LogP contribution in [0, 0.1) is 0 Å². The lowest BCUT2D eigenvalue weighted by Crippen LogP contribution is -2.26. The Morgan fingerprint density at radius 3 is 2.50 bits per heavy atom. The number of rotatable bonds is 6. The number of hydrogen-bond acceptors (Lipinski definition) is 5. The molecular formula is C24H27BrN2O5. The van der Waals surface area contributed by atoms with E-state index in [4.69, 9.17) is 14.2 Å². The van der Waals surface area contributed by atoms with E-state index in [1.54, 1.807) is 21.3 Å². The van der Waals surface area contributed by atoms with Crippen molar-refractivity contribution in [2.24, 2.45) is 0 Å². The van der Waals surface area contributed by atoms with Crippen molar-refractivity contribution >= 4 is 32.7 Å². The summed E-state index contributed by atoms with van der Waals surface area (Å²) in [7, 11) is 4.81. The Balaban J connectivity index is 2.07. The summed E-state index contributed by atoms with van der Waals surface area (Å²) in [6.07, 6.45) is 1.97. The van der Waals surface area contributed by atoms with Crippen LogP contribution in [0.1, 0.15) is 36.2 Å². The van der Waals surface area contributed by atoms with Gasteiger partial charge >= 0.3 is 0 Å². The largest absolute Gasteiger partial charge is 0.492 e. The van der Waals surface area contributed by atoms with Crippen LogP contribution in [-0.4, -0.2) is 43.9 Å². The number of ether oxygens (including phenoxy) is 3. The minimum Gasteiger partial charge on any atom is -0.492 e. The number of amides is 1. The van der Waals surface area contributed by atoms with Crippen molar-refractivity contribution in [2.45, 2.75) is 32.2 Å². The first kappa shape index (κ1) is 22.5. The van der Waals surface area contributed by atoms with Crippen LogP contribution in [0.25, 0.3) is 22.0 Å². The third kappa shape index (κ3) is 3.71. The number of aliphatic hydroxyl groups is 1. The molecule has 1 amide bonds. The Hall–Kier alpha value is -2.71. The van der Waals surface area contributed by atoms with Crippen molar-refractivity contribution in [3.8, 4) is 28.4 Å². The zero-order chi connectivity index (χ0) is 23.0. The molecule has 0 fully saturated rings. The highest BCUT2D eigenvalue weighted by molar-refractivity contribution is 9.10. The van der Waals surface area contributed by atoms with Crippen molar-refractivity contribution in [3.63, 3.8) is 0 Å². The van der Waals surface area contributed by atoms with Gasteiger partial charge in [-0.3, -0.25) is 4.79 Å². The molecule has 0 radical (unpaired) electrons. The molecule has 0 unspecified atom stereocenters. The van der Waals surface area contributed by atoms with Gasteiger partial charge in [-0.2, -0.15) is 0 Å². The van der Waals surface area contributed by atoms with Crippen LogP contribution in [0.2, 0.25) is 0 Å². The van der Waals surface area contributed by atoms with E-state index in [0.717, 1.165) is 43.3 Å². The van der Waals surface area contributed by atoms with Gasteiger partial charge in [0.25, 0.3) is 0 Å². The average Bonchev–Trinajstić information content (AvgIpc) is 3.09. The minimum atomic E-state index is -0.169. The monoisotopic (exact) mass is 502 g/mol. The van der Waals surface area contributed by atoms with E-state index in [-0.39, 0.29) is 18.6 Å². The second kappa shape index (κ2) is 9.03. The first-order chi connectivity index (χ1) is 15.4. The molecule has 0 aliphatic heterocycles. The van der Waals surface area contributed by atoms with Gasteiger partial charge in [0.05, 0.1) is 31.8 Å². The van der Waals surface area contributed by atoms with Crippen molar-refractivity contribution in [1.29, 1.82) is 0 Å². The fourth-order valence-electron chi connectivity index (χ4n) is 4.64. The number of halogens is 1. The Morgan fingerprint density at radius 1 is 1.16 bits per heavy atom. The minimum absolute atomic E-state index is 0.0711. The van der Waals surface area contributed by atoms with Gasteiger partial charge in [-0.15, -0.1) is 0 Å². The van der Waals surface area contributed by atoms with E-state index in [1.807, 2.05) is 6.07 Å². The fraction of sp³-hybridized carbons (Fsp3) is 0.375. The van der Waals surface area contributed by atoms with Crippen molar-refractivity contribution in [3.05, 3.63) is 39.5 Å². The molecule has 8 heteroatoms. The first-order valence-corrected chi connectivity index (χ1v) is 11.3. The first-order valence-electron chi connectivity index (χ1n) is 10.5. The second-order valence-electron chi connectivity index (χ2n) is 7.85. The van der Waals surface area contributed by atoms with Crippen molar-refractivity contribution in [2.75, 3.05) is 27.9 Å². The maximum absolute atomic E-state index is 12.0. The lowest BCUT2D eigenvalue weighted by Gasteiger charge is -2.22. The summed E-state index contributed by atoms with van der Waals surface area (Å²) in [5.74, 6) is 1.61. The number of methoxy groups -OCH3 is 3. The van der Waals surface area contributed by atoms with E-state index in [0.29, 0.717) is 36.5 Å². The molecule has 4 rings (SSSR count). The molecule has 1 heterocycles. The number of fused-ring (bicyclic) bond motifs is 4. The van der Waals surface area contributed by atoms with Gasteiger partial charge in [0.2, 0.25) is 11.7 Å². The Kier molecular flexibility index (Phi) is 6.35. The number of carbonyl (C=O) groups excluding carboxylic acids is 1.